The van der Waals surface area contributed by atoms with Gasteiger partial charge < -0.3 is 25.1 Å². The predicted molar refractivity (Wildman–Crippen MR) is 67.3 cm³/mol. The number of carbonyl (C=O) groups excluding carboxylic acids is 1. The average molecular weight is 253 g/mol. The van der Waals surface area contributed by atoms with Crippen molar-refractivity contribution in [1.29, 1.82) is 0 Å². The van der Waals surface area contributed by atoms with E-state index >= 15 is 0 Å². The minimum atomic E-state index is -0.396. The van der Waals surface area contributed by atoms with Gasteiger partial charge in [-0.1, -0.05) is 0 Å². The summed E-state index contributed by atoms with van der Waals surface area (Å²) in [5.74, 6) is -0.155. The Morgan fingerprint density at radius 3 is 3.00 bits per heavy atom. The van der Waals surface area contributed by atoms with Crippen LogP contribution in [0.4, 0.5) is 5.69 Å². The summed E-state index contributed by atoms with van der Waals surface area (Å²) in [5, 5.41) is 2.87. The second kappa shape index (κ2) is 4.99. The number of nitrogens with one attached hydrogen (secondary N) is 1. The Kier molecular flexibility index (Phi) is 3.58. The molecule has 6 heteroatoms. The van der Waals surface area contributed by atoms with Gasteiger partial charge in [0.25, 0.3) is 5.91 Å². The smallest absolute Gasteiger partial charge is 0.268 e. The van der Waals surface area contributed by atoms with Crippen molar-refractivity contribution >= 4 is 11.6 Å². The van der Waals surface area contributed by atoms with E-state index in [1.165, 1.54) is 0 Å². The second-order valence-corrected chi connectivity index (χ2v) is 4.64. The number of aromatic nitrogens is 1. The standard InChI is InChI=1S/C12H19N3O3/c1-15-6-9(13)5-10(15)11(16)14-7-12(17-2)3-4-18-8-12/h5-6H,3-4,7-8,13H2,1-2H3,(H,14,16). The molecule has 0 bridgehead atoms. The van der Waals surface area contributed by atoms with Crippen molar-refractivity contribution in [1.82, 2.24) is 9.88 Å². The molecule has 1 aliphatic rings. The second-order valence-electron chi connectivity index (χ2n) is 4.64. The molecular weight excluding hydrogens is 234 g/mol. The number of nitrogens with two attached hydrogens (primary N) is 1. The monoisotopic (exact) mass is 253 g/mol. The first-order valence-corrected chi connectivity index (χ1v) is 5.89. The van der Waals surface area contributed by atoms with Crippen molar-refractivity contribution in [3.8, 4) is 0 Å². The van der Waals surface area contributed by atoms with Gasteiger partial charge in [-0.2, -0.15) is 0 Å². The third-order valence-corrected chi connectivity index (χ3v) is 3.33. The van der Waals surface area contributed by atoms with Gasteiger partial charge in [0.1, 0.15) is 11.3 Å². The number of rotatable bonds is 4. The highest BCUT2D eigenvalue weighted by molar-refractivity contribution is 5.93. The van der Waals surface area contributed by atoms with Crippen LogP contribution in [-0.2, 0) is 16.5 Å². The summed E-state index contributed by atoms with van der Waals surface area (Å²) in [7, 11) is 3.43. The molecule has 0 radical (unpaired) electrons. The number of methoxy groups -OCH3 is 1. The molecule has 1 saturated heterocycles. The van der Waals surface area contributed by atoms with E-state index < -0.39 is 5.60 Å². The van der Waals surface area contributed by atoms with Crippen molar-refractivity contribution < 1.29 is 14.3 Å². The van der Waals surface area contributed by atoms with Gasteiger partial charge in [-0.05, 0) is 6.07 Å². The maximum atomic E-state index is 12.0. The summed E-state index contributed by atoms with van der Waals surface area (Å²) >= 11 is 0. The highest BCUT2D eigenvalue weighted by Gasteiger charge is 2.35. The fraction of sp³-hybridized carbons (Fsp3) is 0.583. The van der Waals surface area contributed by atoms with Gasteiger partial charge >= 0.3 is 0 Å². The normalized spacial score (nSPS) is 23.2. The van der Waals surface area contributed by atoms with Crippen LogP contribution < -0.4 is 11.1 Å². The molecule has 1 aliphatic heterocycles. The minimum absolute atomic E-state index is 0.155. The van der Waals surface area contributed by atoms with Crippen LogP contribution in [-0.4, -0.2) is 42.9 Å². The van der Waals surface area contributed by atoms with Crippen LogP contribution in [0, 0.1) is 0 Å². The van der Waals surface area contributed by atoms with Gasteiger partial charge in [-0.25, -0.2) is 0 Å². The highest BCUT2D eigenvalue weighted by Crippen LogP contribution is 2.21. The zero-order valence-corrected chi connectivity index (χ0v) is 10.7. The molecule has 0 saturated carbocycles. The van der Waals surface area contributed by atoms with Crippen molar-refractivity contribution in [2.24, 2.45) is 7.05 Å². The minimum Gasteiger partial charge on any atom is -0.397 e. The Labute approximate surface area is 106 Å². The largest absolute Gasteiger partial charge is 0.397 e. The van der Waals surface area contributed by atoms with E-state index in [0.717, 1.165) is 6.42 Å². The molecule has 0 aromatic carbocycles. The van der Waals surface area contributed by atoms with Gasteiger partial charge in [-0.15, -0.1) is 0 Å². The molecule has 2 heterocycles. The fourth-order valence-corrected chi connectivity index (χ4v) is 2.11. The topological polar surface area (TPSA) is 78.5 Å². The van der Waals surface area contributed by atoms with E-state index in [-0.39, 0.29) is 5.91 Å². The van der Waals surface area contributed by atoms with E-state index in [1.54, 1.807) is 31.0 Å². The molecule has 0 spiro atoms. The molecular formula is C12H19N3O3. The van der Waals surface area contributed by atoms with E-state index in [1.807, 2.05) is 0 Å². The number of hydrogen-bond acceptors (Lipinski definition) is 4. The molecule has 18 heavy (non-hydrogen) atoms. The summed E-state index contributed by atoms with van der Waals surface area (Å²) in [4.78, 5) is 12.0. The fourth-order valence-electron chi connectivity index (χ4n) is 2.11. The third-order valence-electron chi connectivity index (χ3n) is 3.33. The zero-order chi connectivity index (χ0) is 13.2. The average Bonchev–Trinajstić information content (AvgIpc) is 2.94. The van der Waals surface area contributed by atoms with Gasteiger partial charge in [0, 0.05) is 39.9 Å². The molecule has 3 N–H and O–H groups in total. The molecule has 2 rings (SSSR count). The van der Waals surface area contributed by atoms with Crippen molar-refractivity contribution in [2.45, 2.75) is 12.0 Å². The lowest BCUT2D eigenvalue weighted by molar-refractivity contribution is -0.0149. The van der Waals surface area contributed by atoms with Gasteiger partial charge in [0.15, 0.2) is 0 Å². The molecule has 1 aromatic heterocycles. The van der Waals surface area contributed by atoms with Gasteiger partial charge in [0.2, 0.25) is 0 Å². The number of hydrogen-bond donors (Lipinski definition) is 2. The summed E-state index contributed by atoms with van der Waals surface area (Å²) < 4.78 is 12.5. The molecule has 100 valence electrons. The Morgan fingerprint density at radius 2 is 2.50 bits per heavy atom. The van der Waals surface area contributed by atoms with Gasteiger partial charge in [0.05, 0.1) is 12.3 Å². The first kappa shape index (κ1) is 12.9. The number of nitrogens with zero attached hydrogens (tertiary/aromatic N) is 1. The SMILES string of the molecule is COC1(CNC(=O)c2cc(N)cn2C)CCOC1. The van der Waals surface area contributed by atoms with E-state index in [9.17, 15) is 4.79 Å². The lowest BCUT2D eigenvalue weighted by atomic mass is 10.0. The summed E-state index contributed by atoms with van der Waals surface area (Å²) in [6, 6.07) is 1.65. The highest BCUT2D eigenvalue weighted by atomic mass is 16.5. The van der Waals surface area contributed by atoms with Crippen LogP contribution >= 0.6 is 0 Å². The molecule has 1 fully saturated rings. The quantitative estimate of drug-likeness (QED) is 0.800. The van der Waals surface area contributed by atoms with Crippen molar-refractivity contribution in [3.63, 3.8) is 0 Å². The number of ether oxygens (including phenoxy) is 2. The molecule has 1 unspecified atom stereocenters. The number of carbonyl (C=O) groups is 1. The van der Waals surface area contributed by atoms with Crippen LogP contribution in [0.3, 0.4) is 0 Å². The maximum absolute atomic E-state index is 12.0. The van der Waals surface area contributed by atoms with Crippen LogP contribution in [0.25, 0.3) is 0 Å². The van der Waals surface area contributed by atoms with Crippen LogP contribution in [0.2, 0.25) is 0 Å². The lowest BCUT2D eigenvalue weighted by Crippen LogP contribution is -2.45. The van der Waals surface area contributed by atoms with Crippen LogP contribution in [0.5, 0.6) is 0 Å². The molecule has 0 aliphatic carbocycles. The summed E-state index contributed by atoms with van der Waals surface area (Å²) in [6.45, 7) is 1.62. The van der Waals surface area contributed by atoms with Crippen LogP contribution in [0.1, 0.15) is 16.9 Å². The summed E-state index contributed by atoms with van der Waals surface area (Å²) in [5.41, 5.74) is 6.36. The lowest BCUT2D eigenvalue weighted by Gasteiger charge is -2.25. The number of amides is 1. The Balaban J connectivity index is 1.98. The predicted octanol–water partition coefficient (Wildman–Crippen LogP) is 0.143. The third kappa shape index (κ3) is 2.49. The Bertz CT molecular complexity index is 436. The Morgan fingerprint density at radius 1 is 1.72 bits per heavy atom. The number of aryl methyl sites for hydroxylation is 1. The van der Waals surface area contributed by atoms with Crippen LogP contribution in [0.15, 0.2) is 12.3 Å². The Hall–Kier alpha value is -1.53. The van der Waals surface area contributed by atoms with E-state index in [2.05, 4.69) is 5.32 Å². The molecule has 6 nitrogen and oxygen atoms in total. The van der Waals surface area contributed by atoms with E-state index in [0.29, 0.717) is 31.1 Å². The molecule has 1 amide bonds. The summed E-state index contributed by atoms with van der Waals surface area (Å²) in [6.07, 6.45) is 2.50. The zero-order valence-electron chi connectivity index (χ0n) is 10.7. The van der Waals surface area contributed by atoms with Gasteiger partial charge in [-0.3, -0.25) is 4.79 Å². The number of anilines is 1. The van der Waals surface area contributed by atoms with E-state index in [4.69, 9.17) is 15.2 Å². The number of nitrogen functional groups attached to an aromatic ring is 1. The first-order chi connectivity index (χ1) is 8.56. The maximum Gasteiger partial charge on any atom is 0.268 e. The van der Waals surface area contributed by atoms with Crippen molar-refractivity contribution in [3.05, 3.63) is 18.0 Å². The molecule has 1 atom stereocenters. The first-order valence-electron chi connectivity index (χ1n) is 5.89. The van der Waals surface area contributed by atoms with Crippen molar-refractivity contribution in [2.75, 3.05) is 32.6 Å². The molecule has 1 aromatic rings.